The highest BCUT2D eigenvalue weighted by Gasteiger charge is 2.37. The van der Waals surface area contributed by atoms with Crippen LogP contribution in [0.1, 0.15) is 87.4 Å². The number of carbonyl (C=O) groups is 11. The van der Waals surface area contributed by atoms with Gasteiger partial charge >= 0.3 is 5.97 Å². The number of hydrogen-bond donors (Lipinski definition) is 17. The van der Waals surface area contributed by atoms with E-state index in [9.17, 15) is 58.2 Å². The Morgan fingerprint density at radius 3 is 1.19 bits per heavy atom. The first-order valence-electron chi connectivity index (χ1n) is 36.7. The molecule has 4 aromatic heterocycles. The quantitative estimate of drug-likeness (QED) is 0.0260. The van der Waals surface area contributed by atoms with Crippen molar-refractivity contribution in [3.05, 3.63) is 198 Å². The van der Waals surface area contributed by atoms with Crippen molar-refractivity contribution in [2.24, 2.45) is 17.6 Å². The maximum Gasteiger partial charge on any atom is 0.326 e. The van der Waals surface area contributed by atoms with Crippen molar-refractivity contribution in [2.75, 3.05) is 18.6 Å². The Morgan fingerprint density at radius 1 is 0.400 bits per heavy atom. The molecule has 0 aliphatic rings. The maximum atomic E-state index is 15.0. The number of carboxylic acids is 1. The molecule has 10 amide bonds. The molecule has 0 aliphatic carbocycles. The van der Waals surface area contributed by atoms with E-state index >= 15 is 4.79 Å². The molecule has 0 saturated heterocycles. The van der Waals surface area contributed by atoms with Crippen LogP contribution in [0.15, 0.2) is 165 Å². The molecule has 0 aliphatic heterocycles. The number of aromatic amines is 4. The number of thioether (sulfide) groups is 1. The largest absolute Gasteiger partial charge is 0.480 e. The van der Waals surface area contributed by atoms with E-state index in [4.69, 9.17) is 5.73 Å². The van der Waals surface area contributed by atoms with Gasteiger partial charge in [0.1, 0.15) is 60.4 Å². The smallest absolute Gasteiger partial charge is 0.326 e. The summed E-state index contributed by atoms with van der Waals surface area (Å²) in [7, 11) is 0. The minimum Gasteiger partial charge on any atom is -0.480 e. The summed E-state index contributed by atoms with van der Waals surface area (Å²) in [4.78, 5) is 174. The van der Waals surface area contributed by atoms with Gasteiger partial charge in [-0.3, -0.25) is 47.9 Å². The molecular formula is C80H98N16O13S. The lowest BCUT2D eigenvalue weighted by molar-refractivity contribution is -0.142. The summed E-state index contributed by atoms with van der Waals surface area (Å²) >= 11 is 1.35. The van der Waals surface area contributed by atoms with Gasteiger partial charge in [-0.1, -0.05) is 143 Å². The summed E-state index contributed by atoms with van der Waals surface area (Å²) in [6.45, 7) is 7.63. The van der Waals surface area contributed by atoms with Crippen LogP contribution in [0.25, 0.3) is 32.7 Å². The Hall–Kier alpha value is -11.6. The second-order valence-corrected chi connectivity index (χ2v) is 29.3. The van der Waals surface area contributed by atoms with E-state index in [2.05, 4.69) is 78.1 Å². The van der Waals surface area contributed by atoms with Crippen LogP contribution in [-0.2, 0) is 91.3 Å². The van der Waals surface area contributed by atoms with E-state index in [-0.39, 0.29) is 69.6 Å². The second-order valence-electron chi connectivity index (χ2n) is 28.3. The third kappa shape index (κ3) is 23.4. The Bertz CT molecular complexity index is 4620. The van der Waals surface area contributed by atoms with Gasteiger partial charge in [0.2, 0.25) is 59.1 Å². The zero-order valence-corrected chi connectivity index (χ0v) is 63.0. The van der Waals surface area contributed by atoms with Crippen LogP contribution in [0.5, 0.6) is 0 Å². The van der Waals surface area contributed by atoms with Gasteiger partial charge in [0, 0.05) is 95.3 Å². The van der Waals surface area contributed by atoms with Gasteiger partial charge < -0.3 is 89.1 Å². The number of nitrogens with zero attached hydrogens (tertiary/aromatic N) is 1. The Balaban J connectivity index is 0.897. The molecule has 9 rings (SSSR count). The highest BCUT2D eigenvalue weighted by Crippen LogP contribution is 2.24. The molecule has 582 valence electrons. The number of amides is 10. The molecule has 0 fully saturated rings. The molecule has 5 aromatic carbocycles. The highest BCUT2D eigenvalue weighted by atomic mass is 32.2. The predicted octanol–water partition coefficient (Wildman–Crippen LogP) is 3.73. The minimum atomic E-state index is -1.75. The first kappa shape index (κ1) is 82.4. The van der Waals surface area contributed by atoms with Gasteiger partial charge in [-0.25, -0.2) is 9.78 Å². The molecule has 9 aromatic rings. The number of aliphatic hydroxyl groups is 1. The van der Waals surface area contributed by atoms with Gasteiger partial charge in [-0.2, -0.15) is 11.8 Å². The molecule has 11 atom stereocenters. The van der Waals surface area contributed by atoms with Crippen molar-refractivity contribution in [2.45, 2.75) is 159 Å². The molecule has 30 heteroatoms. The van der Waals surface area contributed by atoms with E-state index in [1.807, 2.05) is 107 Å². The predicted molar refractivity (Wildman–Crippen MR) is 418 cm³/mol. The van der Waals surface area contributed by atoms with Crippen molar-refractivity contribution in [3.8, 4) is 0 Å². The van der Waals surface area contributed by atoms with E-state index in [0.717, 1.165) is 27.4 Å². The first-order chi connectivity index (χ1) is 52.8. The van der Waals surface area contributed by atoms with Gasteiger partial charge in [0.25, 0.3) is 0 Å². The number of aliphatic hydroxyl groups excluding tert-OH is 1. The summed E-state index contributed by atoms with van der Waals surface area (Å²) in [5.41, 5.74) is 12.4. The molecule has 18 N–H and O–H groups in total. The van der Waals surface area contributed by atoms with Crippen molar-refractivity contribution >= 4 is 110 Å². The monoisotopic (exact) mass is 1520 g/mol. The number of nitrogens with one attached hydrogen (secondary N) is 14. The zero-order valence-electron chi connectivity index (χ0n) is 62.2. The number of para-hydroxylation sites is 3. The zero-order chi connectivity index (χ0) is 79.0. The number of fused-ring (bicyclic) bond motifs is 3. The van der Waals surface area contributed by atoms with Gasteiger partial charge in [-0.15, -0.1) is 0 Å². The van der Waals surface area contributed by atoms with Gasteiger partial charge in [0.05, 0.1) is 19.0 Å². The average Bonchev–Trinajstić information content (AvgIpc) is 1.67. The lowest BCUT2D eigenvalue weighted by atomic mass is 9.99. The second kappa shape index (κ2) is 40.0. The number of nitrogens with two attached hydrogens (primary N) is 1. The lowest BCUT2D eigenvalue weighted by Crippen LogP contribution is -2.61. The molecular weight excluding hydrogens is 1430 g/mol. The van der Waals surface area contributed by atoms with Gasteiger partial charge in [0.15, 0.2) is 0 Å². The molecule has 4 heterocycles. The Kier molecular flexibility index (Phi) is 30.0. The molecule has 0 unspecified atom stereocenters. The molecule has 0 spiro atoms. The summed E-state index contributed by atoms with van der Waals surface area (Å²) in [6, 6.07) is 24.8. The van der Waals surface area contributed by atoms with Crippen LogP contribution in [0.2, 0.25) is 0 Å². The van der Waals surface area contributed by atoms with Crippen LogP contribution in [0, 0.1) is 11.8 Å². The number of benzene rings is 5. The van der Waals surface area contributed by atoms with Crippen LogP contribution in [0.3, 0.4) is 0 Å². The molecule has 0 bridgehead atoms. The number of carboxylic acid groups (broad SMARTS) is 1. The maximum absolute atomic E-state index is 15.0. The molecule has 29 nitrogen and oxygen atoms in total. The number of aliphatic carboxylic acids is 1. The fourth-order valence-corrected chi connectivity index (χ4v) is 13.5. The summed E-state index contributed by atoms with van der Waals surface area (Å²) < 4.78 is 0. The lowest BCUT2D eigenvalue weighted by Gasteiger charge is -2.28. The van der Waals surface area contributed by atoms with Crippen LogP contribution >= 0.6 is 11.8 Å². The van der Waals surface area contributed by atoms with Crippen molar-refractivity contribution < 1.29 is 63.0 Å². The van der Waals surface area contributed by atoms with Crippen molar-refractivity contribution in [1.29, 1.82) is 0 Å². The normalized spacial score (nSPS) is 14.5. The first-order valence-corrected chi connectivity index (χ1v) is 38.1. The topological polar surface area (TPSA) is 451 Å². The molecule has 110 heavy (non-hydrogen) atoms. The van der Waals surface area contributed by atoms with Crippen molar-refractivity contribution in [1.82, 2.24) is 78.1 Å². The number of carbonyl (C=O) groups excluding carboxylic acids is 10. The summed E-state index contributed by atoms with van der Waals surface area (Å²) in [5, 5.41) is 50.6. The van der Waals surface area contributed by atoms with Crippen LogP contribution in [-0.4, -0.2) is 185 Å². The fourth-order valence-electron chi connectivity index (χ4n) is 13.0. The number of hydrogen-bond acceptors (Lipinski definition) is 15. The van der Waals surface area contributed by atoms with E-state index < -0.39 is 138 Å². The third-order valence-corrected chi connectivity index (χ3v) is 19.5. The standard InChI is InChI=1S/C80H98N16O13S/c1-45(2)31-62(74(102)90-63(32-46(3)4)75(103)95-68(80(108)109)37-52-41-85-60-28-18-15-25-56(52)60)91-78(106)67(38-53-42-82-44-86-53)94-72(100)61(29-30-110-6)88-77(105)66(36-51-40-84-59-27-17-14-24-55(51)59)93-79(107)69(43-97)96-70(98)47(5)87-73(101)65(35-50-39-83-58-26-16-13-23-54(50)58)92-76(104)64(34-49-21-11-8-12-22-49)89-71(99)57(81)33-48-19-9-7-10-20-48/h7-28,39-42,44-47,57,61-69,83-85,97H,29-38,43,81H2,1-6H3,(H,82,86)(H,87,101)(H,88,105)(H,89,99)(H,90,102)(H,91,106)(H,92,104)(H,93,107)(H,94,100)(H,95,103)(H,96,98)(H,108,109)/t47-,57-,61-,62-,63-,64-,65-,66-,67-,68-,69-/m0/s1. The fraction of sp³-hybridized carbons (Fsp3) is 0.375. The van der Waals surface area contributed by atoms with Crippen molar-refractivity contribution in [3.63, 3.8) is 0 Å². The summed E-state index contributed by atoms with van der Waals surface area (Å²) in [5.74, 6) is -9.57. The van der Waals surface area contributed by atoms with Crippen LogP contribution in [0.4, 0.5) is 0 Å². The van der Waals surface area contributed by atoms with E-state index in [1.54, 1.807) is 79.4 Å². The number of H-pyrrole nitrogens is 4. The molecule has 0 saturated carbocycles. The third-order valence-electron chi connectivity index (χ3n) is 18.8. The average molecular weight is 1520 g/mol. The Labute approximate surface area is 640 Å². The van der Waals surface area contributed by atoms with E-state index in [1.165, 1.54) is 31.2 Å². The van der Waals surface area contributed by atoms with Gasteiger partial charge in [-0.05, 0) is 102 Å². The summed E-state index contributed by atoms with van der Waals surface area (Å²) in [6.07, 6.45) is 9.40. The number of aromatic nitrogens is 5. The Morgan fingerprint density at radius 2 is 0.755 bits per heavy atom. The number of rotatable bonds is 41. The van der Waals surface area contributed by atoms with E-state index in [0.29, 0.717) is 44.6 Å². The highest BCUT2D eigenvalue weighted by molar-refractivity contribution is 7.98. The molecule has 0 radical (unpaired) electrons. The van der Waals surface area contributed by atoms with Crippen LogP contribution < -0.4 is 58.9 Å². The minimum absolute atomic E-state index is 0.00688. The number of imidazole rings is 1. The SMILES string of the molecule is CSCC[C@H](NC(=O)[C@H](Cc1c[nH]c2ccccc12)NC(=O)[C@H](CO)NC(=O)[C@H](C)NC(=O)[C@H](Cc1c[nH]c2ccccc12)NC(=O)[C@H](Cc1ccccc1)NC(=O)[C@@H](N)Cc1ccccc1)C(=O)N[C@@H](Cc1cnc[nH]1)C(=O)N[C@@H](CC(C)C)C(=O)N[C@@H](CC(C)C)C(=O)N[C@@H](Cc1c[nH]c2ccccc12)C(=O)O.